The Bertz CT molecular complexity index is 1060. The van der Waals surface area contributed by atoms with Crippen molar-refractivity contribution in [3.63, 3.8) is 0 Å². The van der Waals surface area contributed by atoms with Gasteiger partial charge < -0.3 is 4.90 Å². The van der Waals surface area contributed by atoms with Gasteiger partial charge in [0, 0.05) is 30.9 Å². The molecule has 152 valence electrons. The summed E-state index contributed by atoms with van der Waals surface area (Å²) in [4.78, 5) is 20.0. The Hall–Kier alpha value is -2.69. The molecule has 0 N–H and O–H groups in total. The van der Waals surface area contributed by atoms with Crippen molar-refractivity contribution >= 4 is 11.6 Å². The van der Waals surface area contributed by atoms with E-state index in [1.54, 1.807) is 6.20 Å². The Balaban J connectivity index is 1.71. The van der Waals surface area contributed by atoms with Crippen LogP contribution in [0.25, 0.3) is 5.65 Å². The summed E-state index contributed by atoms with van der Waals surface area (Å²) in [7, 11) is 0. The van der Waals surface area contributed by atoms with E-state index >= 15 is 0 Å². The Kier molecular flexibility index (Phi) is 5.39. The third-order valence-electron chi connectivity index (χ3n) is 6.20. The topological polar surface area (TPSA) is 50.5 Å². The van der Waals surface area contributed by atoms with Gasteiger partial charge in [0.15, 0.2) is 5.65 Å². The fraction of sp³-hybridized carbons (Fsp3) is 0.458. The number of hydrogen-bond acceptors (Lipinski definition) is 3. The lowest BCUT2D eigenvalue weighted by Gasteiger charge is -2.19. The van der Waals surface area contributed by atoms with Crippen LogP contribution in [0.2, 0.25) is 0 Å². The number of likely N-dealkylation sites (tertiary alicyclic amines) is 1. The van der Waals surface area contributed by atoms with Crippen molar-refractivity contribution < 1.29 is 4.79 Å². The molecule has 1 fully saturated rings. The van der Waals surface area contributed by atoms with Gasteiger partial charge in [-0.25, -0.2) is 9.50 Å². The second-order valence-electron chi connectivity index (χ2n) is 8.37. The molecule has 1 aliphatic heterocycles. The molecule has 0 spiro atoms. The van der Waals surface area contributed by atoms with Crippen molar-refractivity contribution in [2.75, 3.05) is 13.1 Å². The van der Waals surface area contributed by atoms with Gasteiger partial charge in [0.2, 0.25) is 0 Å². The highest BCUT2D eigenvalue weighted by atomic mass is 16.2. The summed E-state index contributed by atoms with van der Waals surface area (Å²) in [6, 6.07) is 6.57. The molecule has 3 aromatic rings. The monoisotopic (exact) mass is 390 g/mol. The van der Waals surface area contributed by atoms with Gasteiger partial charge in [0.1, 0.15) is 5.56 Å². The van der Waals surface area contributed by atoms with Crippen LogP contribution < -0.4 is 0 Å². The highest BCUT2D eigenvalue weighted by Crippen LogP contribution is 2.23. The molecule has 5 nitrogen and oxygen atoms in total. The number of aromatic nitrogens is 3. The molecule has 29 heavy (non-hydrogen) atoms. The maximum absolute atomic E-state index is 13.1. The van der Waals surface area contributed by atoms with Crippen molar-refractivity contribution in [3.8, 4) is 0 Å². The maximum Gasteiger partial charge on any atom is 0.259 e. The van der Waals surface area contributed by atoms with Crippen LogP contribution in [0.5, 0.6) is 0 Å². The fourth-order valence-corrected chi connectivity index (χ4v) is 4.34. The van der Waals surface area contributed by atoms with Crippen LogP contribution >= 0.6 is 0 Å². The smallest absolute Gasteiger partial charge is 0.259 e. The Morgan fingerprint density at radius 1 is 1.03 bits per heavy atom. The average Bonchev–Trinajstić information content (AvgIpc) is 2.93. The molecular formula is C24H30N4O. The zero-order chi connectivity index (χ0) is 20.5. The number of fused-ring (bicyclic) bond motifs is 1. The van der Waals surface area contributed by atoms with Crippen LogP contribution in [0.15, 0.2) is 24.4 Å². The first kappa shape index (κ1) is 19.6. The first-order valence-corrected chi connectivity index (χ1v) is 10.6. The predicted molar refractivity (Wildman–Crippen MR) is 116 cm³/mol. The summed E-state index contributed by atoms with van der Waals surface area (Å²) in [5.74, 6) is 0.0653. The summed E-state index contributed by atoms with van der Waals surface area (Å²) in [6.07, 6.45) is 7.09. The normalized spacial score (nSPS) is 15.0. The first-order chi connectivity index (χ1) is 14.0. The number of nitrogens with zero attached hydrogens (tertiary/aromatic N) is 4. The molecule has 1 amide bonds. The third kappa shape index (κ3) is 3.78. The van der Waals surface area contributed by atoms with Crippen molar-refractivity contribution in [3.05, 3.63) is 63.6 Å². The first-order valence-electron chi connectivity index (χ1n) is 10.6. The highest BCUT2D eigenvalue weighted by molar-refractivity contribution is 5.99. The van der Waals surface area contributed by atoms with Crippen LogP contribution in [-0.2, 0) is 6.42 Å². The van der Waals surface area contributed by atoms with Crippen molar-refractivity contribution in [1.82, 2.24) is 19.5 Å². The summed E-state index contributed by atoms with van der Waals surface area (Å²) in [6.45, 7) is 10.1. The number of rotatable bonds is 3. The van der Waals surface area contributed by atoms with E-state index in [4.69, 9.17) is 4.98 Å². The Labute approximate surface area is 172 Å². The van der Waals surface area contributed by atoms with E-state index < -0.39 is 0 Å². The van der Waals surface area contributed by atoms with E-state index in [0.717, 1.165) is 43.7 Å². The van der Waals surface area contributed by atoms with Crippen LogP contribution in [0, 0.1) is 27.7 Å². The maximum atomic E-state index is 13.1. The molecule has 2 aromatic heterocycles. The van der Waals surface area contributed by atoms with E-state index in [1.165, 1.54) is 35.1 Å². The van der Waals surface area contributed by atoms with E-state index in [1.807, 2.05) is 16.3 Å². The van der Waals surface area contributed by atoms with Crippen molar-refractivity contribution in [2.24, 2.45) is 0 Å². The minimum absolute atomic E-state index is 0.0653. The molecule has 0 atom stereocenters. The molecule has 5 heteroatoms. The van der Waals surface area contributed by atoms with Gasteiger partial charge in [0.05, 0.1) is 6.20 Å². The third-order valence-corrected chi connectivity index (χ3v) is 6.20. The molecule has 4 rings (SSSR count). The molecular weight excluding hydrogens is 360 g/mol. The van der Waals surface area contributed by atoms with Crippen LogP contribution in [0.1, 0.15) is 69.7 Å². The largest absolute Gasteiger partial charge is 0.338 e. The van der Waals surface area contributed by atoms with E-state index in [-0.39, 0.29) is 5.91 Å². The minimum Gasteiger partial charge on any atom is -0.338 e. The summed E-state index contributed by atoms with van der Waals surface area (Å²) >= 11 is 0. The summed E-state index contributed by atoms with van der Waals surface area (Å²) in [5, 5.41) is 4.55. The zero-order valence-electron chi connectivity index (χ0n) is 18.0. The fourth-order valence-electron chi connectivity index (χ4n) is 4.34. The lowest BCUT2D eigenvalue weighted by Crippen LogP contribution is -2.31. The van der Waals surface area contributed by atoms with E-state index in [0.29, 0.717) is 11.2 Å². The Morgan fingerprint density at radius 3 is 2.48 bits per heavy atom. The minimum atomic E-state index is 0.0653. The van der Waals surface area contributed by atoms with E-state index in [9.17, 15) is 4.79 Å². The van der Waals surface area contributed by atoms with Gasteiger partial charge in [0.25, 0.3) is 5.91 Å². The average molecular weight is 391 g/mol. The number of carbonyl (C=O) groups excluding carboxylic acids is 1. The zero-order valence-corrected chi connectivity index (χ0v) is 18.0. The molecule has 1 aromatic carbocycles. The summed E-state index contributed by atoms with van der Waals surface area (Å²) < 4.78 is 1.85. The van der Waals surface area contributed by atoms with Crippen molar-refractivity contribution in [1.29, 1.82) is 0 Å². The lowest BCUT2D eigenvalue weighted by atomic mass is 9.97. The number of amides is 1. The molecule has 0 radical (unpaired) electrons. The molecule has 1 saturated heterocycles. The van der Waals surface area contributed by atoms with Gasteiger partial charge in [-0.2, -0.15) is 5.10 Å². The molecule has 3 heterocycles. The summed E-state index contributed by atoms with van der Waals surface area (Å²) in [5.41, 5.74) is 8.37. The number of carbonyl (C=O) groups is 1. The quantitative estimate of drug-likeness (QED) is 0.658. The van der Waals surface area contributed by atoms with Gasteiger partial charge in [-0.1, -0.05) is 36.6 Å². The number of aryl methyl sites for hydroxylation is 4. The van der Waals surface area contributed by atoms with Crippen LogP contribution in [0.4, 0.5) is 0 Å². The standard InChI is InChI=1S/C24H30N4O/c1-16-9-10-17(2)20(13-16)14-21-18(3)26-23-22(15-25-28(23)19(21)4)24(29)27-11-7-5-6-8-12-27/h9-10,13,15H,5-8,11-12,14H2,1-4H3. The molecule has 1 aliphatic rings. The predicted octanol–water partition coefficient (Wildman–Crippen LogP) is 4.57. The van der Waals surface area contributed by atoms with E-state index in [2.05, 4.69) is 44.1 Å². The van der Waals surface area contributed by atoms with Crippen LogP contribution in [-0.4, -0.2) is 38.5 Å². The molecule has 0 bridgehead atoms. The van der Waals surface area contributed by atoms with Gasteiger partial charge in [-0.3, -0.25) is 4.79 Å². The lowest BCUT2D eigenvalue weighted by molar-refractivity contribution is 0.0763. The Morgan fingerprint density at radius 2 is 1.76 bits per heavy atom. The number of benzene rings is 1. The highest BCUT2D eigenvalue weighted by Gasteiger charge is 2.23. The number of hydrogen-bond donors (Lipinski definition) is 0. The molecule has 0 unspecified atom stereocenters. The second-order valence-corrected chi connectivity index (χ2v) is 8.37. The van der Waals surface area contributed by atoms with Gasteiger partial charge in [-0.15, -0.1) is 0 Å². The van der Waals surface area contributed by atoms with Crippen molar-refractivity contribution in [2.45, 2.75) is 59.8 Å². The SMILES string of the molecule is Cc1ccc(C)c(Cc2c(C)nc3c(C(=O)N4CCCCCC4)cnn3c2C)c1. The molecule has 0 saturated carbocycles. The van der Waals surface area contributed by atoms with Crippen LogP contribution in [0.3, 0.4) is 0 Å². The van der Waals surface area contributed by atoms with Gasteiger partial charge in [-0.05, 0) is 57.2 Å². The van der Waals surface area contributed by atoms with Gasteiger partial charge >= 0.3 is 0 Å². The molecule has 0 aliphatic carbocycles. The second kappa shape index (κ2) is 7.97.